The maximum absolute atomic E-state index is 14.3. The average Bonchev–Trinajstić information content (AvgIpc) is 3.90. The zero-order valence-corrected chi connectivity index (χ0v) is 38.9. The Morgan fingerprint density at radius 2 is 1.07 bits per heavy atom. The van der Waals surface area contributed by atoms with Gasteiger partial charge >= 0.3 is 11.9 Å². The molecule has 7 atom stereocenters. The summed E-state index contributed by atoms with van der Waals surface area (Å²) in [5.74, 6) is -9.32. The highest BCUT2D eigenvalue weighted by atomic mass is 16.4. The van der Waals surface area contributed by atoms with Crippen molar-refractivity contribution in [3.63, 3.8) is 0 Å². The first-order valence-electron chi connectivity index (χ1n) is 22.5. The summed E-state index contributed by atoms with van der Waals surface area (Å²) >= 11 is 0. The Balaban J connectivity index is 1.58. The number of carboxylic acids is 2. The third-order valence-electron chi connectivity index (χ3n) is 11.2. The Morgan fingerprint density at radius 3 is 1.55 bits per heavy atom. The minimum atomic E-state index is -1.89. The molecule has 374 valence electrons. The smallest absolute Gasteiger partial charge is 0.326 e. The zero-order valence-electron chi connectivity index (χ0n) is 38.9. The van der Waals surface area contributed by atoms with E-state index < -0.39 is 109 Å². The van der Waals surface area contributed by atoms with E-state index in [9.17, 15) is 53.7 Å². The number of carboxylic acid groups (broad SMARTS) is 2. The molecule has 0 bridgehead atoms. The van der Waals surface area contributed by atoms with Crippen LogP contribution in [0.4, 0.5) is 0 Å². The Kier molecular flexibility index (Phi) is 20.0. The molecule has 17 N–H and O–H groups in total. The fourth-order valence-electron chi connectivity index (χ4n) is 7.53. The predicted octanol–water partition coefficient (Wildman–Crippen LogP) is -1.02. The number of aliphatic hydroxyl groups is 1. The number of para-hydroxylation sites is 2. The van der Waals surface area contributed by atoms with E-state index in [4.69, 9.17) is 17.2 Å². The van der Waals surface area contributed by atoms with Crippen LogP contribution in [0.15, 0.2) is 65.9 Å². The molecular formula is C46H64N12O11. The monoisotopic (exact) mass is 960 g/mol. The first kappa shape index (κ1) is 54.1. The van der Waals surface area contributed by atoms with E-state index in [1.165, 1.54) is 0 Å². The van der Waals surface area contributed by atoms with Crippen molar-refractivity contribution in [3.05, 3.63) is 72.1 Å². The molecule has 2 aromatic carbocycles. The SMILES string of the molecule is CC(C)C[C@H](NC(=O)[C@@H](N)CCCN=C(N)N)C(=O)N[C@@H](Cc1c[nH]c2ccccc12)C(=O)N[C@@H](CC(=O)O)C(=O)N[C@@H](CO)C(=O)N[C@@H](Cc1c[nH]c2ccccc12)C(=O)N[C@H](C(=O)O)C(C)C. The molecule has 0 spiro atoms. The summed E-state index contributed by atoms with van der Waals surface area (Å²) in [6.45, 7) is 5.95. The molecule has 0 aliphatic rings. The average molecular weight is 961 g/mol. The van der Waals surface area contributed by atoms with Crippen molar-refractivity contribution in [2.75, 3.05) is 13.2 Å². The lowest BCUT2D eigenvalue weighted by Gasteiger charge is -2.27. The summed E-state index contributed by atoms with van der Waals surface area (Å²) < 4.78 is 0. The van der Waals surface area contributed by atoms with Crippen LogP contribution in [0.25, 0.3) is 21.8 Å². The number of aromatic amines is 2. The fraction of sp³-hybridized carbons (Fsp3) is 0.457. The molecule has 23 nitrogen and oxygen atoms in total. The van der Waals surface area contributed by atoms with Crippen molar-refractivity contribution in [3.8, 4) is 0 Å². The first-order valence-corrected chi connectivity index (χ1v) is 22.5. The van der Waals surface area contributed by atoms with Crippen molar-refractivity contribution in [2.45, 2.75) is 109 Å². The number of aromatic nitrogens is 2. The number of H-pyrrole nitrogens is 2. The van der Waals surface area contributed by atoms with Gasteiger partial charge in [0.1, 0.15) is 36.3 Å². The number of aliphatic imine (C=N–C) groups is 1. The van der Waals surface area contributed by atoms with Gasteiger partial charge in [0.05, 0.1) is 19.1 Å². The van der Waals surface area contributed by atoms with E-state index in [1.54, 1.807) is 74.8 Å². The van der Waals surface area contributed by atoms with Gasteiger partial charge in [-0.1, -0.05) is 64.1 Å². The molecule has 0 aliphatic carbocycles. The quantitative estimate of drug-likeness (QED) is 0.0193. The van der Waals surface area contributed by atoms with Gasteiger partial charge in [-0.25, -0.2) is 4.79 Å². The number of nitrogens with two attached hydrogens (primary N) is 3. The number of benzene rings is 2. The third-order valence-corrected chi connectivity index (χ3v) is 11.2. The lowest BCUT2D eigenvalue weighted by Crippen LogP contribution is -2.61. The number of aliphatic carboxylic acids is 2. The van der Waals surface area contributed by atoms with Crippen LogP contribution in [0, 0.1) is 11.8 Å². The standard InChI is InChI=1S/C46H64N12O11/c1-23(2)16-32(53-39(62)29(47)12-9-15-50-46(48)49)40(63)54-33(17-25-20-51-30-13-7-5-10-27(25)30)41(64)56-35(19-37(60)61)42(65)57-36(22-59)44(67)55-34(43(66)58-38(24(3)4)45(68)69)18-26-21-52-31-14-8-6-11-28(26)31/h5-8,10-11,13-14,20-21,23-24,29,32-36,38,51-52,59H,9,12,15-19,22,47H2,1-4H3,(H,53,62)(H,54,63)(H,55,67)(H,56,64)(H,57,65)(H,58,66)(H,60,61)(H,68,69)(H4,48,49,50)/t29-,32-,33-,34-,35-,36-,38-/m0/s1. The van der Waals surface area contributed by atoms with E-state index in [0.717, 1.165) is 0 Å². The van der Waals surface area contributed by atoms with Crippen LogP contribution in [0.5, 0.6) is 0 Å². The maximum Gasteiger partial charge on any atom is 0.326 e. The Labute approximate surface area is 397 Å². The highest BCUT2D eigenvalue weighted by molar-refractivity contribution is 5.99. The van der Waals surface area contributed by atoms with E-state index in [1.807, 2.05) is 13.8 Å². The number of guanidine groups is 1. The van der Waals surface area contributed by atoms with Crippen LogP contribution in [-0.4, -0.2) is 134 Å². The molecule has 2 aromatic heterocycles. The molecule has 6 amide bonds. The second-order valence-corrected chi connectivity index (χ2v) is 17.5. The molecular weight excluding hydrogens is 897 g/mol. The first-order chi connectivity index (χ1) is 32.7. The maximum atomic E-state index is 14.3. The zero-order chi connectivity index (χ0) is 50.9. The van der Waals surface area contributed by atoms with Crippen LogP contribution in [0.1, 0.15) is 64.5 Å². The number of rotatable bonds is 27. The molecule has 0 saturated carbocycles. The molecule has 0 fully saturated rings. The summed E-state index contributed by atoms with van der Waals surface area (Å²) in [6, 6.07) is 4.02. The van der Waals surface area contributed by atoms with Crippen molar-refractivity contribution in [1.82, 2.24) is 41.9 Å². The normalized spacial score (nSPS) is 14.4. The van der Waals surface area contributed by atoms with Gasteiger partial charge in [-0.2, -0.15) is 0 Å². The highest BCUT2D eigenvalue weighted by Crippen LogP contribution is 2.21. The number of amides is 6. The molecule has 0 unspecified atom stereocenters. The number of nitrogens with zero attached hydrogens (tertiary/aromatic N) is 1. The van der Waals surface area contributed by atoms with Crippen LogP contribution in [0.2, 0.25) is 0 Å². The molecule has 2 heterocycles. The van der Waals surface area contributed by atoms with Gasteiger partial charge in [-0.05, 0) is 54.4 Å². The summed E-state index contributed by atoms with van der Waals surface area (Å²) in [7, 11) is 0. The number of nitrogens with one attached hydrogen (secondary N) is 8. The predicted molar refractivity (Wildman–Crippen MR) is 255 cm³/mol. The number of aliphatic hydroxyl groups excluding tert-OH is 1. The van der Waals surface area contributed by atoms with Crippen molar-refractivity contribution in [2.24, 2.45) is 34.0 Å². The van der Waals surface area contributed by atoms with Crippen molar-refractivity contribution < 1.29 is 53.7 Å². The molecule has 4 aromatic rings. The van der Waals surface area contributed by atoms with Gasteiger partial charge in [-0.3, -0.25) is 38.6 Å². The summed E-state index contributed by atoms with van der Waals surface area (Å²) in [5, 5.41) is 46.3. The molecule has 0 aliphatic heterocycles. The summed E-state index contributed by atoms with van der Waals surface area (Å²) in [4.78, 5) is 117. The van der Waals surface area contributed by atoms with Gasteiger partial charge < -0.3 is 74.4 Å². The Morgan fingerprint density at radius 1 is 0.623 bits per heavy atom. The summed E-state index contributed by atoms with van der Waals surface area (Å²) in [6.07, 6.45) is 2.55. The van der Waals surface area contributed by atoms with Gasteiger partial charge in [0, 0.05) is 53.6 Å². The van der Waals surface area contributed by atoms with E-state index in [2.05, 4.69) is 46.9 Å². The van der Waals surface area contributed by atoms with E-state index in [0.29, 0.717) is 39.4 Å². The number of hydrogen-bond acceptors (Lipinski definition) is 11. The number of carbonyl (C=O) groups excluding carboxylic acids is 6. The lowest BCUT2D eigenvalue weighted by atomic mass is 10.00. The number of carbonyl (C=O) groups is 8. The van der Waals surface area contributed by atoms with Crippen LogP contribution in [0.3, 0.4) is 0 Å². The number of hydrogen-bond donors (Lipinski definition) is 14. The van der Waals surface area contributed by atoms with Gasteiger partial charge in [0.25, 0.3) is 0 Å². The van der Waals surface area contributed by atoms with Gasteiger partial charge in [0.2, 0.25) is 35.4 Å². The molecule has 0 saturated heterocycles. The van der Waals surface area contributed by atoms with Crippen LogP contribution < -0.4 is 49.1 Å². The molecule has 0 radical (unpaired) electrons. The van der Waals surface area contributed by atoms with Crippen molar-refractivity contribution in [1.29, 1.82) is 0 Å². The largest absolute Gasteiger partial charge is 0.481 e. The second kappa shape index (κ2) is 25.6. The summed E-state index contributed by atoms with van der Waals surface area (Å²) in [5.41, 5.74) is 19.4. The number of fused-ring (bicyclic) bond motifs is 2. The Hall–Kier alpha value is -7.53. The van der Waals surface area contributed by atoms with E-state index >= 15 is 0 Å². The fourth-order valence-corrected chi connectivity index (χ4v) is 7.53. The van der Waals surface area contributed by atoms with Crippen LogP contribution in [-0.2, 0) is 51.2 Å². The topological polar surface area (TPSA) is 391 Å². The minimum Gasteiger partial charge on any atom is -0.481 e. The lowest BCUT2D eigenvalue weighted by molar-refractivity contribution is -0.143. The second-order valence-electron chi connectivity index (χ2n) is 17.5. The van der Waals surface area contributed by atoms with Crippen molar-refractivity contribution >= 4 is 75.1 Å². The van der Waals surface area contributed by atoms with Gasteiger partial charge in [0.15, 0.2) is 5.96 Å². The molecule has 69 heavy (non-hydrogen) atoms. The Bertz CT molecular complexity index is 2480. The van der Waals surface area contributed by atoms with Crippen LogP contribution >= 0.6 is 0 Å². The minimum absolute atomic E-state index is 0.119. The molecule has 23 heteroatoms. The van der Waals surface area contributed by atoms with Gasteiger partial charge in [-0.15, -0.1) is 0 Å². The van der Waals surface area contributed by atoms with E-state index in [-0.39, 0.29) is 44.1 Å². The third kappa shape index (κ3) is 16.1. The highest BCUT2D eigenvalue weighted by Gasteiger charge is 2.35. The molecule has 4 rings (SSSR count).